The van der Waals surface area contributed by atoms with E-state index in [1.165, 1.54) is 27.8 Å². The predicted octanol–water partition coefficient (Wildman–Crippen LogP) is 15.1. The third kappa shape index (κ3) is 5.95. The van der Waals surface area contributed by atoms with E-state index >= 15 is 0 Å². The van der Waals surface area contributed by atoms with Crippen LogP contribution in [0.4, 0.5) is 0 Å². The molecule has 2 heterocycles. The van der Waals surface area contributed by atoms with Crippen LogP contribution in [0.5, 0.6) is 11.5 Å². The Labute approximate surface area is 360 Å². The van der Waals surface area contributed by atoms with Crippen molar-refractivity contribution in [3.63, 3.8) is 0 Å². The highest BCUT2D eigenvalue weighted by Crippen LogP contribution is 2.51. The van der Waals surface area contributed by atoms with E-state index in [9.17, 15) is 0 Å². The number of hydrogen-bond donors (Lipinski definition) is 0. The summed E-state index contributed by atoms with van der Waals surface area (Å²) in [5, 5.41) is 2.30. The van der Waals surface area contributed by atoms with Crippen molar-refractivity contribution in [2.24, 2.45) is 0 Å². The summed E-state index contributed by atoms with van der Waals surface area (Å²) in [6, 6.07) is 70.9. The van der Waals surface area contributed by atoms with E-state index < -0.39 is 0 Å². The van der Waals surface area contributed by atoms with Crippen molar-refractivity contribution < 1.29 is 4.74 Å². The summed E-state index contributed by atoms with van der Waals surface area (Å²) in [4.78, 5) is 15.6. The lowest BCUT2D eigenvalue weighted by atomic mass is 9.81. The van der Waals surface area contributed by atoms with Gasteiger partial charge in [-0.15, -0.1) is 0 Å². The average Bonchev–Trinajstić information content (AvgIpc) is 3.57. The zero-order valence-corrected chi connectivity index (χ0v) is 34.3. The van der Waals surface area contributed by atoms with Crippen LogP contribution in [-0.4, -0.2) is 15.0 Å². The summed E-state index contributed by atoms with van der Waals surface area (Å²) in [6.45, 7) is 4.67. The van der Waals surface area contributed by atoms with Gasteiger partial charge in [-0.1, -0.05) is 172 Å². The maximum Gasteiger partial charge on any atom is 0.164 e. The smallest absolute Gasteiger partial charge is 0.164 e. The number of ether oxygens (including phenoxy) is 1. The van der Waals surface area contributed by atoms with Crippen LogP contribution < -0.4 is 4.74 Å². The van der Waals surface area contributed by atoms with Crippen LogP contribution in [0.25, 0.3) is 101 Å². The second-order valence-electron chi connectivity index (χ2n) is 16.8. The molecule has 62 heavy (non-hydrogen) atoms. The first kappa shape index (κ1) is 35.9. The minimum Gasteiger partial charge on any atom is -0.456 e. The second-order valence-corrected chi connectivity index (χ2v) is 16.8. The molecular weight excluding hydrogens is 755 g/mol. The maximum absolute atomic E-state index is 6.53. The fraction of sp³-hybridized carbons (Fsp3) is 0.0517. The molecule has 12 rings (SSSR count). The first-order valence-electron chi connectivity index (χ1n) is 21.2. The van der Waals surface area contributed by atoms with Crippen LogP contribution in [0.2, 0.25) is 0 Å². The molecule has 0 atom stereocenters. The average molecular weight is 794 g/mol. The van der Waals surface area contributed by atoms with Crippen molar-refractivity contribution in [2.45, 2.75) is 19.3 Å². The number of hydrogen-bond acceptors (Lipinski definition) is 4. The zero-order chi connectivity index (χ0) is 41.4. The number of rotatable bonds is 6. The third-order valence-corrected chi connectivity index (χ3v) is 12.7. The maximum atomic E-state index is 6.53. The largest absolute Gasteiger partial charge is 0.456 e. The molecule has 4 nitrogen and oxygen atoms in total. The summed E-state index contributed by atoms with van der Waals surface area (Å²) in [5.74, 6) is 3.59. The molecule has 0 radical (unpaired) electrons. The Hall–Kier alpha value is -7.95. The van der Waals surface area contributed by atoms with Crippen LogP contribution in [-0.2, 0) is 5.41 Å². The fourth-order valence-electron chi connectivity index (χ4n) is 9.51. The quantitative estimate of drug-likeness (QED) is 0.168. The predicted molar refractivity (Wildman–Crippen MR) is 253 cm³/mol. The molecule has 0 fully saturated rings. The molecule has 9 aromatic carbocycles. The third-order valence-electron chi connectivity index (χ3n) is 12.7. The van der Waals surface area contributed by atoms with Gasteiger partial charge in [-0.3, -0.25) is 0 Å². The Kier molecular flexibility index (Phi) is 8.16. The van der Waals surface area contributed by atoms with Crippen LogP contribution >= 0.6 is 0 Å². The molecule has 10 aromatic rings. The van der Waals surface area contributed by atoms with Crippen molar-refractivity contribution in [1.82, 2.24) is 15.0 Å². The first-order chi connectivity index (χ1) is 30.4. The molecule has 1 aliphatic carbocycles. The molecular formula is C58H39N3O. The molecule has 1 aliphatic heterocycles. The minimum atomic E-state index is -0.137. The van der Waals surface area contributed by atoms with Gasteiger partial charge in [0.05, 0.1) is 0 Å². The van der Waals surface area contributed by atoms with Gasteiger partial charge in [-0.05, 0) is 109 Å². The van der Waals surface area contributed by atoms with E-state index in [1.807, 2.05) is 24.3 Å². The molecule has 292 valence electrons. The topological polar surface area (TPSA) is 47.9 Å². The van der Waals surface area contributed by atoms with Crippen molar-refractivity contribution in [1.29, 1.82) is 0 Å². The molecule has 0 unspecified atom stereocenters. The van der Waals surface area contributed by atoms with Gasteiger partial charge < -0.3 is 4.74 Å². The Morgan fingerprint density at radius 2 is 0.839 bits per heavy atom. The van der Waals surface area contributed by atoms with Crippen LogP contribution in [0, 0.1) is 0 Å². The lowest BCUT2D eigenvalue weighted by molar-refractivity contribution is 0.487. The standard InChI is InChI=1S/C58H39N3O/c1-58(2)50-21-10-9-19-46(50)47-29-27-42(35-51(47)58)44-31-43(41-28-30-52-49(34-41)48-20-11-17-38-18-12-22-53(62-52)54(38)48)32-45(33-44)57-60-55(39-15-7-4-8-16-39)59-56(61-57)40-25-23-37(24-26-40)36-13-5-3-6-14-36/h3-35H,1-2H3. The van der Waals surface area contributed by atoms with Gasteiger partial charge in [0.25, 0.3) is 0 Å². The van der Waals surface area contributed by atoms with Gasteiger partial charge in [0.15, 0.2) is 17.5 Å². The Morgan fingerprint density at radius 3 is 1.58 bits per heavy atom. The lowest BCUT2D eigenvalue weighted by Crippen LogP contribution is -2.14. The molecule has 1 aromatic heterocycles. The summed E-state index contributed by atoms with van der Waals surface area (Å²) < 4.78 is 6.53. The van der Waals surface area contributed by atoms with Gasteiger partial charge in [-0.2, -0.15) is 0 Å². The Morgan fingerprint density at radius 1 is 0.323 bits per heavy atom. The van der Waals surface area contributed by atoms with Gasteiger partial charge in [0, 0.05) is 33.1 Å². The summed E-state index contributed by atoms with van der Waals surface area (Å²) in [5.41, 5.74) is 16.8. The van der Waals surface area contributed by atoms with Gasteiger partial charge in [0.2, 0.25) is 0 Å². The van der Waals surface area contributed by atoms with Crippen LogP contribution in [0.3, 0.4) is 0 Å². The Bertz CT molecular complexity index is 3390. The number of benzene rings is 9. The highest BCUT2D eigenvalue weighted by molar-refractivity contribution is 6.04. The summed E-state index contributed by atoms with van der Waals surface area (Å²) in [6.07, 6.45) is 0. The van der Waals surface area contributed by atoms with Crippen molar-refractivity contribution in [3.8, 4) is 101 Å². The Balaban J connectivity index is 1.05. The molecule has 4 heteroatoms. The molecule has 0 bridgehead atoms. The molecule has 0 N–H and O–H groups in total. The molecule has 0 saturated heterocycles. The normalized spacial score (nSPS) is 12.9. The van der Waals surface area contributed by atoms with Crippen molar-refractivity contribution in [3.05, 3.63) is 211 Å². The summed E-state index contributed by atoms with van der Waals surface area (Å²) in [7, 11) is 0. The van der Waals surface area contributed by atoms with Crippen molar-refractivity contribution >= 4 is 10.8 Å². The highest BCUT2D eigenvalue weighted by Gasteiger charge is 2.35. The van der Waals surface area contributed by atoms with E-state index in [0.717, 1.165) is 77.9 Å². The van der Waals surface area contributed by atoms with Crippen LogP contribution in [0.1, 0.15) is 25.0 Å². The van der Waals surface area contributed by atoms with Crippen molar-refractivity contribution in [2.75, 3.05) is 0 Å². The second kappa shape index (κ2) is 14.1. The molecule has 2 aliphatic rings. The lowest BCUT2D eigenvalue weighted by Gasteiger charge is -2.22. The highest BCUT2D eigenvalue weighted by atomic mass is 16.5. The van der Waals surface area contributed by atoms with Crippen LogP contribution in [0.15, 0.2) is 200 Å². The number of fused-ring (bicyclic) bond motifs is 5. The van der Waals surface area contributed by atoms with E-state index in [2.05, 4.69) is 190 Å². The number of nitrogens with zero attached hydrogens (tertiary/aromatic N) is 3. The SMILES string of the molecule is CC1(C)c2ccccc2-c2ccc(-c3cc(-c4ccc5c(c4)-c4cccc6cccc(c46)O5)cc(-c4nc(-c5ccccc5)nc(-c5ccc(-c6ccccc6)cc5)n4)c3)cc21. The van der Waals surface area contributed by atoms with Gasteiger partial charge >= 0.3 is 0 Å². The van der Waals surface area contributed by atoms with E-state index in [1.54, 1.807) is 0 Å². The molecule has 0 saturated carbocycles. The van der Waals surface area contributed by atoms with E-state index in [-0.39, 0.29) is 5.41 Å². The monoisotopic (exact) mass is 793 g/mol. The van der Waals surface area contributed by atoms with Gasteiger partial charge in [0.1, 0.15) is 11.5 Å². The van der Waals surface area contributed by atoms with E-state index in [0.29, 0.717) is 17.5 Å². The first-order valence-corrected chi connectivity index (χ1v) is 21.2. The number of aromatic nitrogens is 3. The zero-order valence-electron chi connectivity index (χ0n) is 34.3. The fourth-order valence-corrected chi connectivity index (χ4v) is 9.51. The molecule has 0 amide bonds. The van der Waals surface area contributed by atoms with Gasteiger partial charge in [-0.25, -0.2) is 15.0 Å². The van der Waals surface area contributed by atoms with E-state index in [4.69, 9.17) is 19.7 Å². The minimum absolute atomic E-state index is 0.137. The summed E-state index contributed by atoms with van der Waals surface area (Å²) >= 11 is 0. The molecule has 0 spiro atoms.